The van der Waals surface area contributed by atoms with Crippen LogP contribution in [0.25, 0.3) is 0 Å². The van der Waals surface area contributed by atoms with Crippen LogP contribution in [0.1, 0.15) is 16.8 Å². The van der Waals surface area contributed by atoms with Crippen LogP contribution >= 0.6 is 23.2 Å². The molecule has 1 aromatic heterocycles. The Balaban J connectivity index is 1.71. The van der Waals surface area contributed by atoms with E-state index < -0.39 is 27.8 Å². The molecule has 0 aliphatic rings. The summed E-state index contributed by atoms with van der Waals surface area (Å²) in [7, 11) is -3.68. The molecule has 0 saturated carbocycles. The molecule has 0 spiro atoms. The highest BCUT2D eigenvalue weighted by atomic mass is 35.5. The maximum atomic E-state index is 12.6. The van der Waals surface area contributed by atoms with Crippen molar-refractivity contribution >= 4 is 50.5 Å². The third kappa shape index (κ3) is 6.85. The summed E-state index contributed by atoms with van der Waals surface area (Å²) >= 11 is 12.2. The van der Waals surface area contributed by atoms with Gasteiger partial charge in [-0.1, -0.05) is 29.3 Å². The Hall–Kier alpha value is -2.82. The zero-order valence-electron chi connectivity index (χ0n) is 17.6. The average molecular weight is 532 g/mol. The van der Waals surface area contributed by atoms with Gasteiger partial charge in [0.25, 0.3) is 0 Å². The number of aromatic nitrogens is 1. The first-order valence-corrected chi connectivity index (χ1v) is 12.3. The van der Waals surface area contributed by atoms with E-state index in [1.165, 1.54) is 30.3 Å². The summed E-state index contributed by atoms with van der Waals surface area (Å²) in [6.45, 7) is -0.0507. The molecule has 34 heavy (non-hydrogen) atoms. The summed E-state index contributed by atoms with van der Waals surface area (Å²) in [6.07, 6.45) is -2.69. The van der Waals surface area contributed by atoms with Crippen LogP contribution < -0.4 is 9.62 Å². The fourth-order valence-corrected chi connectivity index (χ4v) is 4.27. The molecule has 1 heterocycles. The Bertz CT molecular complexity index is 1280. The number of nitrogens with zero attached hydrogens (tertiary/aromatic N) is 2. The largest absolute Gasteiger partial charge is 0.433 e. The molecular weight excluding hydrogens is 514 g/mol. The standard InChI is InChI=1S/C22H18Cl2F3N3O3S/c1-34(32,33)30(13-15-11-16(23)3-8-19(15)24)18-6-4-17(5-7-18)29-21(31)10-14-2-9-20(28-12-14)22(25,26)27/h2-9,11-12H,10,13H2,1H3,(H,29,31). The van der Waals surface area contributed by atoms with Gasteiger partial charge in [-0.2, -0.15) is 13.2 Å². The van der Waals surface area contributed by atoms with E-state index in [2.05, 4.69) is 10.3 Å². The molecule has 0 aliphatic heterocycles. The topological polar surface area (TPSA) is 79.4 Å². The van der Waals surface area contributed by atoms with Crippen molar-refractivity contribution in [3.63, 3.8) is 0 Å². The molecule has 0 atom stereocenters. The molecule has 0 saturated heterocycles. The normalized spacial score (nSPS) is 11.8. The second-order valence-corrected chi connectivity index (χ2v) is 10.1. The highest BCUT2D eigenvalue weighted by Gasteiger charge is 2.32. The molecule has 0 fully saturated rings. The number of carbonyl (C=O) groups is 1. The molecule has 180 valence electrons. The van der Waals surface area contributed by atoms with E-state index >= 15 is 0 Å². The number of anilines is 2. The van der Waals surface area contributed by atoms with Crippen molar-refractivity contribution in [2.45, 2.75) is 19.1 Å². The van der Waals surface area contributed by atoms with Gasteiger partial charge in [-0.25, -0.2) is 8.42 Å². The zero-order valence-corrected chi connectivity index (χ0v) is 19.9. The van der Waals surface area contributed by atoms with Gasteiger partial charge >= 0.3 is 6.18 Å². The minimum atomic E-state index is -4.56. The molecule has 2 aromatic carbocycles. The number of rotatable bonds is 7. The number of hydrogen-bond acceptors (Lipinski definition) is 4. The van der Waals surface area contributed by atoms with Crippen molar-refractivity contribution in [3.05, 3.63) is 87.7 Å². The third-order valence-electron chi connectivity index (χ3n) is 4.64. The molecule has 1 N–H and O–H groups in total. The Morgan fingerprint density at radius 1 is 1.06 bits per heavy atom. The first-order valence-electron chi connectivity index (χ1n) is 9.66. The lowest BCUT2D eigenvalue weighted by molar-refractivity contribution is -0.141. The van der Waals surface area contributed by atoms with Gasteiger partial charge in [-0.3, -0.25) is 14.1 Å². The maximum absolute atomic E-state index is 12.6. The van der Waals surface area contributed by atoms with E-state index in [0.717, 1.165) is 22.8 Å². The van der Waals surface area contributed by atoms with Gasteiger partial charge in [0.15, 0.2) is 0 Å². The average Bonchev–Trinajstić information content (AvgIpc) is 2.74. The summed E-state index contributed by atoms with van der Waals surface area (Å²) in [5.41, 5.74) is 0.499. The lowest BCUT2D eigenvalue weighted by atomic mass is 10.2. The van der Waals surface area contributed by atoms with Crippen LogP contribution in [0.2, 0.25) is 10.0 Å². The summed E-state index contributed by atoms with van der Waals surface area (Å²) in [4.78, 5) is 15.6. The van der Waals surface area contributed by atoms with Crippen LogP contribution in [0.3, 0.4) is 0 Å². The molecule has 0 unspecified atom stereocenters. The molecule has 6 nitrogen and oxygen atoms in total. The van der Waals surface area contributed by atoms with Gasteiger partial charge < -0.3 is 5.32 Å². The first-order chi connectivity index (χ1) is 15.8. The van der Waals surface area contributed by atoms with Crippen LogP contribution in [0.4, 0.5) is 24.5 Å². The molecule has 3 rings (SSSR count). The molecule has 0 bridgehead atoms. The van der Waals surface area contributed by atoms with Crippen LogP contribution in [0.5, 0.6) is 0 Å². The van der Waals surface area contributed by atoms with Crippen molar-refractivity contribution < 1.29 is 26.4 Å². The maximum Gasteiger partial charge on any atom is 0.433 e. The van der Waals surface area contributed by atoms with Crippen LogP contribution in [0.15, 0.2) is 60.8 Å². The predicted octanol–water partition coefficient (Wildman–Crippen LogP) is 5.55. The minimum Gasteiger partial charge on any atom is -0.326 e. The molecule has 12 heteroatoms. The van der Waals surface area contributed by atoms with Crippen LogP contribution in [0, 0.1) is 0 Å². The number of nitrogens with one attached hydrogen (secondary N) is 1. The van der Waals surface area contributed by atoms with E-state index in [4.69, 9.17) is 23.2 Å². The first kappa shape index (κ1) is 25.8. The number of halogens is 5. The van der Waals surface area contributed by atoms with Gasteiger partial charge in [0.1, 0.15) is 5.69 Å². The van der Waals surface area contributed by atoms with Crippen LogP contribution in [-0.4, -0.2) is 25.6 Å². The summed E-state index contributed by atoms with van der Waals surface area (Å²) in [6, 6.07) is 12.8. The number of sulfonamides is 1. The number of hydrogen-bond donors (Lipinski definition) is 1. The number of carbonyl (C=O) groups excluding carboxylic acids is 1. The van der Waals surface area contributed by atoms with E-state index in [9.17, 15) is 26.4 Å². The van der Waals surface area contributed by atoms with E-state index in [-0.39, 0.29) is 13.0 Å². The van der Waals surface area contributed by atoms with Gasteiger partial charge in [0.05, 0.1) is 24.9 Å². The predicted molar refractivity (Wildman–Crippen MR) is 126 cm³/mol. The van der Waals surface area contributed by atoms with Crippen LogP contribution in [-0.2, 0) is 34.0 Å². The Labute approximate surface area is 204 Å². The fraction of sp³-hybridized carbons (Fsp3) is 0.182. The van der Waals surface area contributed by atoms with Gasteiger partial charge in [-0.05, 0) is 59.7 Å². The highest BCUT2D eigenvalue weighted by molar-refractivity contribution is 7.92. The lowest BCUT2D eigenvalue weighted by Gasteiger charge is -2.23. The number of pyridine rings is 1. The fourth-order valence-electron chi connectivity index (χ4n) is 3.02. The van der Waals surface area contributed by atoms with E-state index in [0.29, 0.717) is 32.5 Å². The summed E-state index contributed by atoms with van der Waals surface area (Å²) in [5, 5.41) is 3.38. The van der Waals surface area contributed by atoms with Gasteiger partial charge in [0, 0.05) is 21.9 Å². The highest BCUT2D eigenvalue weighted by Crippen LogP contribution is 2.28. The van der Waals surface area contributed by atoms with Crippen molar-refractivity contribution in [2.24, 2.45) is 0 Å². The smallest absolute Gasteiger partial charge is 0.326 e. The van der Waals surface area contributed by atoms with Gasteiger partial charge in [0.2, 0.25) is 15.9 Å². The monoisotopic (exact) mass is 531 g/mol. The number of amides is 1. The lowest BCUT2D eigenvalue weighted by Crippen LogP contribution is -2.29. The van der Waals surface area contributed by atoms with Crippen molar-refractivity contribution in [3.8, 4) is 0 Å². The van der Waals surface area contributed by atoms with E-state index in [1.807, 2.05) is 0 Å². The number of alkyl halides is 3. The Kier molecular flexibility index (Phi) is 7.74. The molecule has 1 amide bonds. The molecule has 3 aromatic rings. The van der Waals surface area contributed by atoms with Crippen molar-refractivity contribution in [2.75, 3.05) is 15.9 Å². The molecule has 0 aliphatic carbocycles. The van der Waals surface area contributed by atoms with E-state index in [1.54, 1.807) is 18.2 Å². The van der Waals surface area contributed by atoms with Gasteiger partial charge in [-0.15, -0.1) is 0 Å². The van der Waals surface area contributed by atoms with Crippen molar-refractivity contribution in [1.82, 2.24) is 4.98 Å². The Morgan fingerprint density at radius 3 is 2.29 bits per heavy atom. The number of benzene rings is 2. The SMILES string of the molecule is CS(=O)(=O)N(Cc1cc(Cl)ccc1Cl)c1ccc(NC(=O)Cc2ccc(C(F)(F)F)nc2)cc1. The zero-order chi connectivity index (χ0) is 25.1. The van der Waals surface area contributed by atoms with Crippen molar-refractivity contribution in [1.29, 1.82) is 0 Å². The minimum absolute atomic E-state index is 0.0507. The summed E-state index contributed by atoms with van der Waals surface area (Å²) in [5.74, 6) is -0.472. The Morgan fingerprint density at radius 2 is 1.74 bits per heavy atom. The summed E-state index contributed by atoms with van der Waals surface area (Å²) < 4.78 is 63.7. The molecular formula is C22H18Cl2F3N3O3S. The third-order valence-corrected chi connectivity index (χ3v) is 6.39. The second-order valence-electron chi connectivity index (χ2n) is 7.33. The quantitative estimate of drug-likeness (QED) is 0.433. The second kappa shape index (κ2) is 10.2. The molecule has 0 radical (unpaired) electrons.